The van der Waals surface area contributed by atoms with Gasteiger partial charge in [-0.1, -0.05) is 54.6 Å². The van der Waals surface area contributed by atoms with Gasteiger partial charge in [-0.15, -0.1) is 0 Å². The second-order valence-corrected chi connectivity index (χ2v) is 7.12. The summed E-state index contributed by atoms with van der Waals surface area (Å²) in [5, 5.41) is 2.96. The van der Waals surface area contributed by atoms with Gasteiger partial charge in [-0.2, -0.15) is 0 Å². The molecule has 2 aromatic carbocycles. The van der Waals surface area contributed by atoms with Crippen molar-refractivity contribution in [2.75, 3.05) is 45.8 Å². The molecule has 0 aromatic heterocycles. The van der Waals surface area contributed by atoms with Crippen molar-refractivity contribution in [3.63, 3.8) is 0 Å². The van der Waals surface area contributed by atoms with Crippen molar-refractivity contribution in [1.82, 2.24) is 15.1 Å². The molecule has 2 aromatic rings. The number of nitrogens with one attached hydrogen (secondary N) is 1. The Balaban J connectivity index is 1.29. The van der Waals surface area contributed by atoms with E-state index in [9.17, 15) is 9.18 Å². The van der Waals surface area contributed by atoms with Crippen LogP contribution in [-0.4, -0.2) is 61.5 Å². The van der Waals surface area contributed by atoms with Gasteiger partial charge in [0.2, 0.25) is 5.91 Å². The van der Waals surface area contributed by atoms with E-state index in [1.807, 2.05) is 18.2 Å². The van der Waals surface area contributed by atoms with E-state index in [1.165, 1.54) is 17.7 Å². The van der Waals surface area contributed by atoms with E-state index in [2.05, 4.69) is 39.4 Å². The molecule has 0 unspecified atom stereocenters. The molecule has 5 heteroatoms. The maximum absolute atomic E-state index is 12.9. The number of hydrogen-bond acceptors (Lipinski definition) is 3. The first-order valence-corrected chi connectivity index (χ1v) is 9.86. The van der Waals surface area contributed by atoms with Gasteiger partial charge in [0, 0.05) is 39.3 Å². The monoisotopic (exact) mass is 381 g/mol. The molecule has 0 saturated carbocycles. The van der Waals surface area contributed by atoms with E-state index in [0.717, 1.165) is 38.3 Å². The van der Waals surface area contributed by atoms with Gasteiger partial charge in [-0.05, 0) is 29.7 Å². The largest absolute Gasteiger partial charge is 0.355 e. The molecule has 0 spiro atoms. The first-order chi connectivity index (χ1) is 13.7. The fraction of sp³-hybridized carbons (Fsp3) is 0.348. The lowest BCUT2D eigenvalue weighted by atomic mass is 10.1. The first kappa shape index (κ1) is 20.2. The predicted molar refractivity (Wildman–Crippen MR) is 111 cm³/mol. The lowest BCUT2D eigenvalue weighted by Crippen LogP contribution is -2.49. The van der Waals surface area contributed by atoms with E-state index >= 15 is 0 Å². The Morgan fingerprint density at radius 3 is 2.36 bits per heavy atom. The van der Waals surface area contributed by atoms with Crippen LogP contribution in [0.3, 0.4) is 0 Å². The summed E-state index contributed by atoms with van der Waals surface area (Å²) in [6.45, 7) is 5.72. The van der Waals surface area contributed by atoms with Crippen molar-refractivity contribution in [1.29, 1.82) is 0 Å². The smallest absolute Gasteiger partial charge is 0.234 e. The van der Waals surface area contributed by atoms with Crippen LogP contribution in [0.4, 0.5) is 4.39 Å². The molecule has 148 valence electrons. The van der Waals surface area contributed by atoms with Crippen LogP contribution in [-0.2, 0) is 11.2 Å². The number of piperazine rings is 1. The minimum Gasteiger partial charge on any atom is -0.355 e. The molecule has 0 radical (unpaired) electrons. The third-order valence-corrected chi connectivity index (χ3v) is 4.95. The fourth-order valence-corrected chi connectivity index (χ4v) is 3.29. The number of carbonyl (C=O) groups excluding carboxylic acids is 1. The van der Waals surface area contributed by atoms with Crippen LogP contribution >= 0.6 is 0 Å². The third-order valence-electron chi connectivity index (χ3n) is 4.95. The zero-order chi connectivity index (χ0) is 19.6. The molecular weight excluding hydrogens is 353 g/mol. The topological polar surface area (TPSA) is 35.6 Å². The Morgan fingerprint density at radius 1 is 0.964 bits per heavy atom. The van der Waals surface area contributed by atoms with Crippen LogP contribution in [0.15, 0.2) is 60.7 Å². The molecule has 1 aliphatic rings. The number of rotatable bonds is 8. The van der Waals surface area contributed by atoms with E-state index in [0.29, 0.717) is 19.5 Å². The summed E-state index contributed by atoms with van der Waals surface area (Å²) < 4.78 is 12.9. The SMILES string of the molecule is O=C(CN1CCN(C/C=C/c2ccccc2)CC1)NCCc1ccc(F)cc1. The molecule has 0 bridgehead atoms. The number of halogens is 1. The molecule has 1 fully saturated rings. The van der Waals surface area contributed by atoms with Gasteiger partial charge in [-0.3, -0.25) is 14.6 Å². The molecule has 0 atom stereocenters. The van der Waals surface area contributed by atoms with E-state index in [4.69, 9.17) is 0 Å². The van der Waals surface area contributed by atoms with Crippen LogP contribution in [0.25, 0.3) is 6.08 Å². The molecule has 1 N–H and O–H groups in total. The maximum atomic E-state index is 12.9. The molecule has 1 aliphatic heterocycles. The van der Waals surface area contributed by atoms with Gasteiger partial charge in [0.05, 0.1) is 6.54 Å². The Morgan fingerprint density at radius 2 is 1.64 bits per heavy atom. The van der Waals surface area contributed by atoms with Crippen LogP contribution in [0.5, 0.6) is 0 Å². The summed E-state index contributed by atoms with van der Waals surface area (Å²) in [6.07, 6.45) is 5.07. The van der Waals surface area contributed by atoms with Gasteiger partial charge >= 0.3 is 0 Å². The summed E-state index contributed by atoms with van der Waals surface area (Å²) in [7, 11) is 0. The molecule has 0 aliphatic carbocycles. The lowest BCUT2D eigenvalue weighted by Gasteiger charge is -2.33. The summed E-state index contributed by atoms with van der Waals surface area (Å²) in [5.41, 5.74) is 2.25. The third kappa shape index (κ3) is 6.91. The summed E-state index contributed by atoms with van der Waals surface area (Å²) >= 11 is 0. The number of amides is 1. The standard InChI is InChI=1S/C23H28FN3O/c24-22-10-8-21(9-11-22)12-13-25-23(28)19-27-17-15-26(16-18-27)14-4-7-20-5-2-1-3-6-20/h1-11H,12-19H2,(H,25,28)/b7-4+. The second kappa shape index (κ2) is 10.7. The van der Waals surface area contributed by atoms with Crippen LogP contribution < -0.4 is 5.32 Å². The van der Waals surface area contributed by atoms with Crippen LogP contribution in [0.1, 0.15) is 11.1 Å². The van der Waals surface area contributed by atoms with Crippen molar-refractivity contribution < 1.29 is 9.18 Å². The first-order valence-electron chi connectivity index (χ1n) is 9.86. The molecule has 1 heterocycles. The highest BCUT2D eigenvalue weighted by Gasteiger charge is 2.17. The van der Waals surface area contributed by atoms with Crippen molar-refractivity contribution in [2.24, 2.45) is 0 Å². The van der Waals surface area contributed by atoms with Crippen LogP contribution in [0.2, 0.25) is 0 Å². The quantitative estimate of drug-likeness (QED) is 0.764. The van der Waals surface area contributed by atoms with Crippen molar-refractivity contribution in [3.05, 3.63) is 77.6 Å². The van der Waals surface area contributed by atoms with Gasteiger partial charge < -0.3 is 5.32 Å². The molecule has 1 amide bonds. The lowest BCUT2D eigenvalue weighted by molar-refractivity contribution is -0.122. The second-order valence-electron chi connectivity index (χ2n) is 7.12. The average Bonchev–Trinajstić information content (AvgIpc) is 2.72. The Kier molecular flexibility index (Phi) is 7.76. The average molecular weight is 381 g/mol. The van der Waals surface area contributed by atoms with E-state index in [1.54, 1.807) is 12.1 Å². The highest BCUT2D eigenvalue weighted by atomic mass is 19.1. The van der Waals surface area contributed by atoms with Crippen molar-refractivity contribution in [2.45, 2.75) is 6.42 Å². The summed E-state index contributed by atoms with van der Waals surface area (Å²) in [6, 6.07) is 16.7. The van der Waals surface area contributed by atoms with Crippen molar-refractivity contribution in [3.8, 4) is 0 Å². The summed E-state index contributed by atoms with van der Waals surface area (Å²) in [4.78, 5) is 16.7. The van der Waals surface area contributed by atoms with Crippen molar-refractivity contribution >= 4 is 12.0 Å². The number of benzene rings is 2. The Hall–Kier alpha value is -2.50. The number of hydrogen-bond donors (Lipinski definition) is 1. The van der Waals surface area contributed by atoms with E-state index < -0.39 is 0 Å². The fourth-order valence-electron chi connectivity index (χ4n) is 3.29. The molecular formula is C23H28FN3O. The van der Waals surface area contributed by atoms with Crippen LogP contribution in [0, 0.1) is 5.82 Å². The highest BCUT2D eigenvalue weighted by Crippen LogP contribution is 2.05. The minimum absolute atomic E-state index is 0.0551. The predicted octanol–water partition coefficient (Wildman–Crippen LogP) is 2.82. The van der Waals surface area contributed by atoms with Gasteiger partial charge in [0.1, 0.15) is 5.82 Å². The zero-order valence-corrected chi connectivity index (χ0v) is 16.2. The summed E-state index contributed by atoms with van der Waals surface area (Å²) in [5.74, 6) is -0.179. The Labute approximate surface area is 166 Å². The number of carbonyl (C=O) groups is 1. The number of nitrogens with zero attached hydrogens (tertiary/aromatic N) is 2. The van der Waals surface area contributed by atoms with Gasteiger partial charge in [0.15, 0.2) is 0 Å². The normalized spacial score (nSPS) is 15.8. The highest BCUT2D eigenvalue weighted by molar-refractivity contribution is 5.78. The molecule has 28 heavy (non-hydrogen) atoms. The maximum Gasteiger partial charge on any atom is 0.234 e. The zero-order valence-electron chi connectivity index (χ0n) is 16.2. The molecule has 1 saturated heterocycles. The van der Waals surface area contributed by atoms with Gasteiger partial charge in [0.25, 0.3) is 0 Å². The van der Waals surface area contributed by atoms with E-state index in [-0.39, 0.29) is 11.7 Å². The molecule has 4 nitrogen and oxygen atoms in total. The minimum atomic E-state index is -0.234. The molecule has 3 rings (SSSR count). The Bertz CT molecular complexity index is 753. The van der Waals surface area contributed by atoms with Gasteiger partial charge in [-0.25, -0.2) is 4.39 Å².